The van der Waals surface area contributed by atoms with Crippen molar-refractivity contribution in [1.82, 2.24) is 14.9 Å². The third kappa shape index (κ3) is 3.02. The van der Waals surface area contributed by atoms with Crippen molar-refractivity contribution in [3.05, 3.63) is 52.8 Å². The van der Waals surface area contributed by atoms with Crippen molar-refractivity contribution in [3.8, 4) is 0 Å². The number of hydrogen-bond donors (Lipinski definition) is 1. The molecule has 106 valence electrons. The van der Waals surface area contributed by atoms with Gasteiger partial charge in [-0.3, -0.25) is 0 Å². The average molecular weight is 294 g/mol. The highest BCUT2D eigenvalue weighted by atomic mass is 35.5. The fraction of sp³-hybridized carbons (Fsp3) is 0.400. The fourth-order valence-corrected chi connectivity index (χ4v) is 2.88. The van der Waals surface area contributed by atoms with Gasteiger partial charge in [0, 0.05) is 31.9 Å². The molecule has 1 aromatic carbocycles. The zero-order valence-corrected chi connectivity index (χ0v) is 11.9. The molecule has 0 spiro atoms. The van der Waals surface area contributed by atoms with E-state index < -0.39 is 0 Å². The van der Waals surface area contributed by atoms with E-state index in [1.54, 1.807) is 12.1 Å². The molecule has 1 N–H and O–H groups in total. The zero-order chi connectivity index (χ0) is 13.9. The van der Waals surface area contributed by atoms with Crippen LogP contribution in [0.3, 0.4) is 0 Å². The second-order valence-electron chi connectivity index (χ2n) is 5.28. The van der Waals surface area contributed by atoms with Crippen molar-refractivity contribution in [2.75, 3.05) is 6.54 Å². The van der Waals surface area contributed by atoms with E-state index in [0.717, 1.165) is 31.5 Å². The first-order valence-electron chi connectivity index (χ1n) is 6.87. The molecule has 20 heavy (non-hydrogen) atoms. The van der Waals surface area contributed by atoms with Crippen LogP contribution < -0.4 is 5.32 Å². The van der Waals surface area contributed by atoms with E-state index in [2.05, 4.69) is 14.9 Å². The van der Waals surface area contributed by atoms with Gasteiger partial charge in [-0.2, -0.15) is 0 Å². The first-order valence-corrected chi connectivity index (χ1v) is 7.25. The third-order valence-electron chi connectivity index (χ3n) is 3.78. The summed E-state index contributed by atoms with van der Waals surface area (Å²) in [6, 6.07) is 4.86. The smallest absolute Gasteiger partial charge is 0.141 e. The van der Waals surface area contributed by atoms with Crippen LogP contribution >= 0.6 is 11.6 Å². The third-order valence-corrected chi connectivity index (χ3v) is 4.07. The van der Waals surface area contributed by atoms with Crippen LogP contribution in [0.4, 0.5) is 4.39 Å². The van der Waals surface area contributed by atoms with Crippen molar-refractivity contribution in [2.45, 2.75) is 25.9 Å². The van der Waals surface area contributed by atoms with Crippen LogP contribution in [0, 0.1) is 11.7 Å². The zero-order valence-electron chi connectivity index (χ0n) is 11.1. The fourth-order valence-electron chi connectivity index (χ4n) is 2.67. The molecule has 3 rings (SSSR count). The summed E-state index contributed by atoms with van der Waals surface area (Å²) in [5, 5.41) is 3.61. The first kappa shape index (κ1) is 13.6. The van der Waals surface area contributed by atoms with Gasteiger partial charge in [-0.05, 0) is 36.6 Å². The Morgan fingerprint density at radius 2 is 2.35 bits per heavy atom. The normalized spacial score (nSPS) is 18.0. The number of halogens is 2. The van der Waals surface area contributed by atoms with E-state index in [1.807, 2.05) is 12.4 Å². The highest BCUT2D eigenvalue weighted by molar-refractivity contribution is 6.30. The van der Waals surface area contributed by atoms with Gasteiger partial charge in [0.05, 0.1) is 5.02 Å². The molecule has 2 aromatic rings. The van der Waals surface area contributed by atoms with Crippen LogP contribution in [-0.2, 0) is 19.5 Å². The number of hydrogen-bond acceptors (Lipinski definition) is 2. The van der Waals surface area contributed by atoms with Crippen LogP contribution in [0.1, 0.15) is 17.8 Å². The Morgan fingerprint density at radius 1 is 1.45 bits per heavy atom. The van der Waals surface area contributed by atoms with E-state index in [9.17, 15) is 4.39 Å². The van der Waals surface area contributed by atoms with Gasteiger partial charge in [-0.1, -0.05) is 17.7 Å². The molecule has 0 fully saturated rings. The molecule has 0 aliphatic carbocycles. The standard InChI is InChI=1S/C15H17ClFN3/c16-13-7-11(1-3-14(13)17)8-18-9-12-2-4-15-19-5-6-20(15)10-12/h1,3,5-7,12,18H,2,4,8-10H2/t12-/m1/s1. The summed E-state index contributed by atoms with van der Waals surface area (Å²) in [6.45, 7) is 2.69. The van der Waals surface area contributed by atoms with Crippen LogP contribution in [0.2, 0.25) is 5.02 Å². The van der Waals surface area contributed by atoms with Crippen LogP contribution in [0.5, 0.6) is 0 Å². The molecule has 1 aliphatic rings. The maximum absolute atomic E-state index is 13.1. The molecule has 1 aliphatic heterocycles. The van der Waals surface area contributed by atoms with E-state index in [1.165, 1.54) is 11.9 Å². The molecule has 2 heterocycles. The average Bonchev–Trinajstić information content (AvgIpc) is 2.90. The van der Waals surface area contributed by atoms with E-state index in [4.69, 9.17) is 11.6 Å². The number of rotatable bonds is 4. The summed E-state index contributed by atoms with van der Waals surface area (Å²) in [4.78, 5) is 4.33. The summed E-state index contributed by atoms with van der Waals surface area (Å²) in [6.07, 6.45) is 6.11. The van der Waals surface area contributed by atoms with Gasteiger partial charge in [0.15, 0.2) is 0 Å². The van der Waals surface area contributed by atoms with Crippen molar-refractivity contribution in [2.24, 2.45) is 5.92 Å². The number of imidazole rings is 1. The lowest BCUT2D eigenvalue weighted by atomic mass is 9.99. The lowest BCUT2D eigenvalue weighted by molar-refractivity contribution is 0.347. The second kappa shape index (κ2) is 5.94. The molecule has 0 saturated carbocycles. The van der Waals surface area contributed by atoms with Gasteiger partial charge in [-0.15, -0.1) is 0 Å². The number of nitrogens with one attached hydrogen (secondary N) is 1. The van der Waals surface area contributed by atoms with Gasteiger partial charge < -0.3 is 9.88 Å². The lowest BCUT2D eigenvalue weighted by Gasteiger charge is -2.24. The number of aromatic nitrogens is 2. The minimum absolute atomic E-state index is 0.185. The minimum atomic E-state index is -0.365. The topological polar surface area (TPSA) is 29.9 Å². The molecule has 0 saturated heterocycles. The molecule has 0 amide bonds. The van der Waals surface area contributed by atoms with Crippen molar-refractivity contribution < 1.29 is 4.39 Å². The van der Waals surface area contributed by atoms with Gasteiger partial charge in [0.1, 0.15) is 11.6 Å². The van der Waals surface area contributed by atoms with E-state index >= 15 is 0 Å². The first-order chi connectivity index (χ1) is 9.72. The van der Waals surface area contributed by atoms with E-state index in [0.29, 0.717) is 12.5 Å². The largest absolute Gasteiger partial charge is 0.335 e. The predicted molar refractivity (Wildman–Crippen MR) is 77.2 cm³/mol. The van der Waals surface area contributed by atoms with E-state index in [-0.39, 0.29) is 10.8 Å². The summed E-state index contributed by atoms with van der Waals surface area (Å²) in [5.74, 6) is 1.44. The predicted octanol–water partition coefficient (Wildman–Crippen LogP) is 3.03. The Hall–Kier alpha value is -1.39. The van der Waals surface area contributed by atoms with Gasteiger partial charge in [-0.25, -0.2) is 9.37 Å². The van der Waals surface area contributed by atoms with Gasteiger partial charge in [0.25, 0.3) is 0 Å². The summed E-state index contributed by atoms with van der Waals surface area (Å²) < 4.78 is 15.3. The summed E-state index contributed by atoms with van der Waals surface area (Å²) in [7, 11) is 0. The molecule has 0 bridgehead atoms. The molecule has 3 nitrogen and oxygen atoms in total. The van der Waals surface area contributed by atoms with Gasteiger partial charge in [0.2, 0.25) is 0 Å². The summed E-state index contributed by atoms with van der Waals surface area (Å²) in [5.41, 5.74) is 1.01. The maximum atomic E-state index is 13.1. The molecule has 1 aromatic heterocycles. The number of nitrogens with zero attached hydrogens (tertiary/aromatic N) is 2. The SMILES string of the molecule is Fc1ccc(CNC[C@H]2CCc3nccn3C2)cc1Cl. The molecular formula is C15H17ClFN3. The maximum Gasteiger partial charge on any atom is 0.141 e. The second-order valence-corrected chi connectivity index (χ2v) is 5.69. The van der Waals surface area contributed by atoms with Crippen LogP contribution in [0.15, 0.2) is 30.6 Å². The Kier molecular flexibility index (Phi) is 4.03. The van der Waals surface area contributed by atoms with Gasteiger partial charge >= 0.3 is 0 Å². The Bertz CT molecular complexity index is 597. The van der Waals surface area contributed by atoms with Crippen molar-refractivity contribution in [1.29, 1.82) is 0 Å². The number of aryl methyl sites for hydroxylation is 1. The Balaban J connectivity index is 1.50. The van der Waals surface area contributed by atoms with Crippen molar-refractivity contribution >= 4 is 11.6 Å². The molecule has 0 radical (unpaired) electrons. The molecule has 0 unspecified atom stereocenters. The Morgan fingerprint density at radius 3 is 3.20 bits per heavy atom. The molecule has 5 heteroatoms. The number of fused-ring (bicyclic) bond motifs is 1. The highest BCUT2D eigenvalue weighted by Gasteiger charge is 2.18. The number of benzene rings is 1. The van der Waals surface area contributed by atoms with Crippen molar-refractivity contribution in [3.63, 3.8) is 0 Å². The Labute approximate surface area is 122 Å². The molecular weight excluding hydrogens is 277 g/mol. The minimum Gasteiger partial charge on any atom is -0.335 e. The van der Waals surface area contributed by atoms with Crippen LogP contribution in [-0.4, -0.2) is 16.1 Å². The summed E-state index contributed by atoms with van der Waals surface area (Å²) >= 11 is 5.77. The quantitative estimate of drug-likeness (QED) is 0.939. The highest BCUT2D eigenvalue weighted by Crippen LogP contribution is 2.19. The van der Waals surface area contributed by atoms with Crippen LogP contribution in [0.25, 0.3) is 0 Å². The monoisotopic (exact) mass is 293 g/mol. The lowest BCUT2D eigenvalue weighted by Crippen LogP contribution is -2.29. The molecule has 1 atom stereocenters.